The lowest BCUT2D eigenvalue weighted by atomic mass is 9.99. The van der Waals surface area contributed by atoms with E-state index < -0.39 is 10.0 Å². The number of likely N-dealkylation sites (N-methyl/N-ethyl adjacent to an activating group) is 1. The summed E-state index contributed by atoms with van der Waals surface area (Å²) in [5, 5.41) is 1.80. The van der Waals surface area contributed by atoms with Gasteiger partial charge in [0.2, 0.25) is 0 Å². The van der Waals surface area contributed by atoms with Crippen LogP contribution in [0.25, 0.3) is 0 Å². The van der Waals surface area contributed by atoms with Gasteiger partial charge in [-0.15, -0.1) is 11.3 Å². The number of para-hydroxylation sites is 1. The lowest BCUT2D eigenvalue weighted by molar-refractivity contribution is 0.293. The molecule has 2 heterocycles. The van der Waals surface area contributed by atoms with E-state index in [-0.39, 0.29) is 6.04 Å². The lowest BCUT2D eigenvalue weighted by Crippen LogP contribution is -2.47. The average Bonchev–Trinajstić information content (AvgIpc) is 3.00. The largest absolute Gasteiger partial charge is 0.304 e. The monoisotopic (exact) mass is 322 g/mol. The molecule has 112 valence electrons. The Labute approximate surface area is 129 Å². The van der Waals surface area contributed by atoms with Crippen molar-refractivity contribution in [2.75, 3.05) is 24.9 Å². The Bertz CT molecular complexity index is 724. The quantitative estimate of drug-likeness (QED) is 0.871. The molecule has 21 heavy (non-hydrogen) atoms. The van der Waals surface area contributed by atoms with Gasteiger partial charge < -0.3 is 4.90 Å². The second-order valence-electron chi connectivity index (χ2n) is 5.42. The maximum Gasteiger partial charge on any atom is 0.273 e. The van der Waals surface area contributed by atoms with Crippen LogP contribution in [0.3, 0.4) is 0 Å². The van der Waals surface area contributed by atoms with E-state index in [9.17, 15) is 8.42 Å². The number of fused-ring (bicyclic) bond motifs is 1. The van der Waals surface area contributed by atoms with Crippen molar-refractivity contribution in [3.63, 3.8) is 0 Å². The van der Waals surface area contributed by atoms with E-state index in [1.54, 1.807) is 21.8 Å². The Hall–Kier alpha value is -1.37. The van der Waals surface area contributed by atoms with Crippen LogP contribution in [-0.4, -0.2) is 40.0 Å². The van der Waals surface area contributed by atoms with Crippen molar-refractivity contribution in [1.29, 1.82) is 0 Å². The molecule has 3 rings (SSSR count). The molecule has 0 saturated heterocycles. The number of rotatable bonds is 3. The Morgan fingerprint density at radius 3 is 2.62 bits per heavy atom. The Balaban J connectivity index is 2.09. The van der Waals surface area contributed by atoms with Gasteiger partial charge in [0.25, 0.3) is 10.0 Å². The third kappa shape index (κ3) is 2.59. The Morgan fingerprint density at radius 1 is 1.19 bits per heavy atom. The van der Waals surface area contributed by atoms with Crippen molar-refractivity contribution < 1.29 is 8.42 Å². The second kappa shape index (κ2) is 5.44. The minimum absolute atomic E-state index is 0.189. The van der Waals surface area contributed by atoms with Crippen molar-refractivity contribution in [2.45, 2.75) is 16.7 Å². The highest BCUT2D eigenvalue weighted by atomic mass is 32.2. The number of sulfonamides is 1. The Morgan fingerprint density at radius 2 is 1.95 bits per heavy atom. The van der Waals surface area contributed by atoms with Crippen LogP contribution in [0.5, 0.6) is 0 Å². The van der Waals surface area contributed by atoms with Gasteiger partial charge in [-0.2, -0.15) is 0 Å². The van der Waals surface area contributed by atoms with Crippen molar-refractivity contribution >= 4 is 27.0 Å². The maximum atomic E-state index is 12.9. The van der Waals surface area contributed by atoms with Crippen LogP contribution in [-0.2, 0) is 16.4 Å². The third-order valence-electron chi connectivity index (χ3n) is 3.86. The standard InChI is InChI=1S/C15H18N2O2S2/c1-16(2)13-10-12-6-3-4-7-14(12)17(11-13)21(18,19)15-8-5-9-20-15/h3-9,13H,10-11H2,1-2H3. The van der Waals surface area contributed by atoms with Crippen LogP contribution in [0, 0.1) is 0 Å². The van der Waals surface area contributed by atoms with Crippen LogP contribution >= 0.6 is 11.3 Å². The fraction of sp³-hybridized carbons (Fsp3) is 0.333. The first-order valence-electron chi connectivity index (χ1n) is 6.81. The van der Waals surface area contributed by atoms with E-state index in [1.165, 1.54) is 11.3 Å². The number of hydrogen-bond donors (Lipinski definition) is 0. The molecule has 0 spiro atoms. The predicted molar refractivity (Wildman–Crippen MR) is 86.5 cm³/mol. The highest BCUT2D eigenvalue weighted by Gasteiger charge is 2.34. The van der Waals surface area contributed by atoms with Crippen LogP contribution in [0.2, 0.25) is 0 Å². The van der Waals surface area contributed by atoms with Gasteiger partial charge in [-0.3, -0.25) is 4.31 Å². The molecule has 1 aliphatic rings. The molecule has 0 N–H and O–H groups in total. The normalized spacial score (nSPS) is 18.8. The summed E-state index contributed by atoms with van der Waals surface area (Å²) in [5.74, 6) is 0. The van der Waals surface area contributed by atoms with Crippen molar-refractivity contribution in [1.82, 2.24) is 4.90 Å². The summed E-state index contributed by atoms with van der Waals surface area (Å²) in [7, 11) is 0.516. The van der Waals surface area contributed by atoms with E-state index in [4.69, 9.17) is 0 Å². The fourth-order valence-corrected chi connectivity index (χ4v) is 5.27. The number of hydrogen-bond acceptors (Lipinski definition) is 4. The third-order valence-corrected chi connectivity index (χ3v) is 7.01. The van der Waals surface area contributed by atoms with Gasteiger partial charge in [-0.25, -0.2) is 8.42 Å². The molecule has 0 fully saturated rings. The minimum atomic E-state index is -3.47. The van der Waals surface area contributed by atoms with E-state index in [2.05, 4.69) is 4.90 Å². The SMILES string of the molecule is CN(C)C1Cc2ccccc2N(S(=O)(=O)c2cccs2)C1. The van der Waals surface area contributed by atoms with Gasteiger partial charge in [-0.1, -0.05) is 24.3 Å². The van der Waals surface area contributed by atoms with Gasteiger partial charge in [-0.05, 0) is 43.6 Å². The Kier molecular flexibility index (Phi) is 3.77. The summed E-state index contributed by atoms with van der Waals surface area (Å²) in [4.78, 5) is 2.09. The highest BCUT2D eigenvalue weighted by molar-refractivity contribution is 7.94. The summed E-state index contributed by atoms with van der Waals surface area (Å²) in [6.07, 6.45) is 0.875. The average molecular weight is 322 g/mol. The summed E-state index contributed by atoms with van der Waals surface area (Å²) in [6.45, 7) is 0.490. The maximum absolute atomic E-state index is 12.9. The van der Waals surface area contributed by atoms with Crippen molar-refractivity contribution in [2.24, 2.45) is 0 Å². The highest BCUT2D eigenvalue weighted by Crippen LogP contribution is 2.33. The zero-order valence-corrected chi connectivity index (χ0v) is 13.7. The molecule has 0 radical (unpaired) electrons. The smallest absolute Gasteiger partial charge is 0.273 e. The van der Waals surface area contributed by atoms with Crippen molar-refractivity contribution in [3.8, 4) is 0 Å². The zero-order chi connectivity index (χ0) is 15.0. The zero-order valence-electron chi connectivity index (χ0n) is 12.1. The number of nitrogens with zero attached hydrogens (tertiary/aromatic N) is 2. The molecule has 1 unspecified atom stereocenters. The predicted octanol–water partition coefficient (Wildman–Crippen LogP) is 2.43. The van der Waals surface area contributed by atoms with E-state index in [0.29, 0.717) is 10.8 Å². The molecule has 4 nitrogen and oxygen atoms in total. The minimum Gasteiger partial charge on any atom is -0.304 e. The molecule has 1 aromatic heterocycles. The van der Waals surface area contributed by atoms with Crippen LogP contribution in [0.4, 0.5) is 5.69 Å². The van der Waals surface area contributed by atoms with Gasteiger partial charge in [0.05, 0.1) is 12.2 Å². The first-order valence-corrected chi connectivity index (χ1v) is 9.12. The van der Waals surface area contributed by atoms with Gasteiger partial charge in [0.1, 0.15) is 4.21 Å². The van der Waals surface area contributed by atoms with E-state index in [1.807, 2.05) is 38.4 Å². The van der Waals surface area contributed by atoms with Gasteiger partial charge in [0, 0.05) is 6.04 Å². The molecule has 1 aromatic carbocycles. The molecule has 0 saturated carbocycles. The molecule has 0 bridgehead atoms. The number of benzene rings is 1. The molecule has 0 amide bonds. The summed E-state index contributed by atoms with van der Waals surface area (Å²) in [5.41, 5.74) is 1.89. The second-order valence-corrected chi connectivity index (χ2v) is 8.46. The molecule has 1 atom stereocenters. The lowest BCUT2D eigenvalue weighted by Gasteiger charge is -2.37. The van der Waals surface area contributed by atoms with E-state index in [0.717, 1.165) is 17.7 Å². The molecule has 6 heteroatoms. The fourth-order valence-electron chi connectivity index (χ4n) is 2.63. The number of thiophene rings is 1. The molecule has 0 aliphatic carbocycles. The first-order chi connectivity index (χ1) is 10.00. The summed E-state index contributed by atoms with van der Waals surface area (Å²) in [6, 6.07) is 11.4. The van der Waals surface area contributed by atoms with Gasteiger partial charge >= 0.3 is 0 Å². The van der Waals surface area contributed by atoms with Crippen LogP contribution in [0.15, 0.2) is 46.0 Å². The van der Waals surface area contributed by atoms with Crippen LogP contribution < -0.4 is 4.31 Å². The number of anilines is 1. The molecular formula is C15H18N2O2S2. The topological polar surface area (TPSA) is 40.6 Å². The molecular weight excluding hydrogens is 304 g/mol. The van der Waals surface area contributed by atoms with Gasteiger partial charge in [0.15, 0.2) is 0 Å². The van der Waals surface area contributed by atoms with Crippen LogP contribution in [0.1, 0.15) is 5.56 Å². The molecule has 2 aromatic rings. The van der Waals surface area contributed by atoms with Crippen molar-refractivity contribution in [3.05, 3.63) is 47.3 Å². The summed E-state index contributed by atoms with van der Waals surface area (Å²) >= 11 is 1.26. The van der Waals surface area contributed by atoms with E-state index >= 15 is 0 Å². The summed E-state index contributed by atoms with van der Waals surface area (Å²) < 4.78 is 27.8. The molecule has 1 aliphatic heterocycles. The first kappa shape index (κ1) is 14.6.